The average Bonchev–Trinajstić information content (AvgIpc) is 2.57. The van der Waals surface area contributed by atoms with Crippen molar-refractivity contribution < 1.29 is 14.3 Å². The molecule has 24 heavy (non-hydrogen) atoms. The van der Waals surface area contributed by atoms with E-state index in [0.29, 0.717) is 19.4 Å². The Morgan fingerprint density at radius 1 is 1.08 bits per heavy atom. The number of carbonyl (C=O) groups is 2. The van der Waals surface area contributed by atoms with E-state index in [1.54, 1.807) is 0 Å². The number of ether oxygens (including phenoxy) is 1. The molecule has 6 heteroatoms. The Hall–Kier alpha value is -1.59. The Morgan fingerprint density at radius 3 is 2.38 bits per heavy atom. The molecule has 0 spiro atoms. The summed E-state index contributed by atoms with van der Waals surface area (Å²) in [7, 11) is 1.41. The van der Waals surface area contributed by atoms with Gasteiger partial charge in [-0.05, 0) is 24.8 Å². The molecule has 0 saturated carbocycles. The van der Waals surface area contributed by atoms with Gasteiger partial charge >= 0.3 is 5.97 Å². The van der Waals surface area contributed by atoms with E-state index < -0.39 is 6.04 Å². The highest BCUT2D eigenvalue weighted by molar-refractivity contribution is 5.85. The van der Waals surface area contributed by atoms with Crippen LogP contribution in [0.25, 0.3) is 0 Å². The van der Waals surface area contributed by atoms with Crippen molar-refractivity contribution in [3.8, 4) is 0 Å². The number of hydrogen-bond donors (Lipinski definition) is 2. The summed E-state index contributed by atoms with van der Waals surface area (Å²) in [5.41, 5.74) is 6.99. The van der Waals surface area contributed by atoms with Gasteiger partial charge in [-0.2, -0.15) is 0 Å². The van der Waals surface area contributed by atoms with E-state index in [0.717, 1.165) is 37.7 Å². The lowest BCUT2D eigenvalue weighted by Crippen LogP contribution is -2.42. The molecular weight excluding hydrogens is 328 g/mol. The molecule has 0 saturated heterocycles. The number of methoxy groups -OCH3 is 1. The summed E-state index contributed by atoms with van der Waals surface area (Å²) in [5.74, 6) is -0.246. The summed E-state index contributed by atoms with van der Waals surface area (Å²) < 4.78 is 4.59. The van der Waals surface area contributed by atoms with Crippen LogP contribution in [0.5, 0.6) is 0 Å². The fourth-order valence-corrected chi connectivity index (χ4v) is 2.33. The first kappa shape index (κ1) is 22.4. The molecule has 0 aromatic heterocycles. The molecule has 0 heterocycles. The van der Waals surface area contributed by atoms with Gasteiger partial charge in [0.2, 0.25) is 5.91 Å². The molecule has 1 aromatic carbocycles. The lowest BCUT2D eigenvalue weighted by atomic mass is 10.1. The fourth-order valence-electron chi connectivity index (χ4n) is 2.33. The van der Waals surface area contributed by atoms with Crippen molar-refractivity contribution in [3.05, 3.63) is 35.9 Å². The summed E-state index contributed by atoms with van der Waals surface area (Å²) in [5, 5.41) is 2.88. The van der Waals surface area contributed by atoms with Crippen LogP contribution in [0.1, 0.15) is 44.1 Å². The zero-order chi connectivity index (χ0) is 16.9. The number of unbranched alkanes of at least 4 members (excludes halogenated alkanes) is 4. The summed E-state index contributed by atoms with van der Waals surface area (Å²) in [6.07, 6.45) is 5.94. The maximum Gasteiger partial charge on any atom is 0.305 e. The van der Waals surface area contributed by atoms with Crippen LogP contribution in [0.2, 0.25) is 0 Å². The highest BCUT2D eigenvalue weighted by Crippen LogP contribution is 2.06. The van der Waals surface area contributed by atoms with Gasteiger partial charge in [0.25, 0.3) is 0 Å². The minimum absolute atomic E-state index is 0. The van der Waals surface area contributed by atoms with Crippen LogP contribution in [0.4, 0.5) is 0 Å². The predicted octanol–water partition coefficient (Wildman–Crippen LogP) is 2.61. The van der Waals surface area contributed by atoms with Crippen molar-refractivity contribution in [2.24, 2.45) is 5.73 Å². The first-order valence-corrected chi connectivity index (χ1v) is 8.27. The van der Waals surface area contributed by atoms with E-state index in [-0.39, 0.29) is 24.3 Å². The second kappa shape index (κ2) is 13.8. The minimum Gasteiger partial charge on any atom is -0.469 e. The number of amides is 1. The van der Waals surface area contributed by atoms with Gasteiger partial charge in [0.05, 0.1) is 13.2 Å². The second-order valence-electron chi connectivity index (χ2n) is 5.68. The molecule has 3 N–H and O–H groups in total. The van der Waals surface area contributed by atoms with E-state index in [9.17, 15) is 9.59 Å². The van der Waals surface area contributed by atoms with Crippen molar-refractivity contribution in [1.29, 1.82) is 0 Å². The lowest BCUT2D eigenvalue weighted by molar-refractivity contribution is -0.140. The third-order valence-corrected chi connectivity index (χ3v) is 3.72. The average molecular weight is 357 g/mol. The Balaban J connectivity index is 0.00000529. The van der Waals surface area contributed by atoms with Crippen molar-refractivity contribution in [1.82, 2.24) is 5.32 Å². The number of rotatable bonds is 11. The Morgan fingerprint density at radius 2 is 1.71 bits per heavy atom. The zero-order valence-electron chi connectivity index (χ0n) is 14.3. The second-order valence-corrected chi connectivity index (χ2v) is 5.68. The summed E-state index contributed by atoms with van der Waals surface area (Å²) in [6, 6.07) is 9.28. The van der Waals surface area contributed by atoms with Crippen molar-refractivity contribution >= 4 is 24.3 Å². The molecule has 0 fully saturated rings. The molecule has 1 aromatic rings. The Labute approximate surface area is 150 Å². The van der Waals surface area contributed by atoms with Crippen LogP contribution in [-0.4, -0.2) is 31.6 Å². The van der Waals surface area contributed by atoms with E-state index >= 15 is 0 Å². The van der Waals surface area contributed by atoms with Gasteiger partial charge in [0.1, 0.15) is 0 Å². The topological polar surface area (TPSA) is 81.4 Å². The number of benzene rings is 1. The highest BCUT2D eigenvalue weighted by Gasteiger charge is 2.12. The third-order valence-electron chi connectivity index (χ3n) is 3.72. The summed E-state index contributed by atoms with van der Waals surface area (Å²) in [4.78, 5) is 22.8. The summed E-state index contributed by atoms with van der Waals surface area (Å²) in [6.45, 7) is 0.651. The van der Waals surface area contributed by atoms with Crippen LogP contribution in [-0.2, 0) is 20.7 Å². The molecule has 0 aliphatic heterocycles. The normalized spacial score (nSPS) is 11.2. The van der Waals surface area contributed by atoms with Gasteiger partial charge in [-0.3, -0.25) is 9.59 Å². The minimum atomic E-state index is -0.502. The van der Waals surface area contributed by atoms with Crippen LogP contribution >= 0.6 is 12.4 Å². The molecule has 1 amide bonds. The number of nitrogens with two attached hydrogens (primary N) is 1. The van der Waals surface area contributed by atoms with E-state index in [1.807, 2.05) is 30.3 Å². The Bertz CT molecular complexity index is 469. The van der Waals surface area contributed by atoms with Gasteiger partial charge in [-0.25, -0.2) is 0 Å². The SMILES string of the molecule is COC(=O)CCCCCCCNC(=O)[C@@H](N)Cc1ccccc1.Cl. The van der Waals surface area contributed by atoms with Crippen LogP contribution in [0.15, 0.2) is 30.3 Å². The molecule has 0 radical (unpaired) electrons. The number of nitrogens with one attached hydrogen (secondary N) is 1. The monoisotopic (exact) mass is 356 g/mol. The van der Waals surface area contributed by atoms with Crippen molar-refractivity contribution in [3.63, 3.8) is 0 Å². The standard InChI is InChI=1S/C18H28N2O3.ClH/c1-23-17(21)12-8-3-2-4-9-13-20-18(22)16(19)14-15-10-6-5-7-11-15;/h5-7,10-11,16H,2-4,8-9,12-14,19H2,1H3,(H,20,22);1H/t16-;/m0./s1. The fraction of sp³-hybridized carbons (Fsp3) is 0.556. The van der Waals surface area contributed by atoms with Gasteiger partial charge in [-0.1, -0.05) is 49.6 Å². The van der Waals surface area contributed by atoms with Gasteiger partial charge in [0, 0.05) is 13.0 Å². The molecular formula is C18H29ClN2O3. The largest absolute Gasteiger partial charge is 0.469 e. The molecule has 1 atom stereocenters. The maximum atomic E-state index is 11.9. The van der Waals surface area contributed by atoms with Crippen LogP contribution in [0.3, 0.4) is 0 Å². The first-order chi connectivity index (χ1) is 11.1. The number of carbonyl (C=O) groups excluding carboxylic acids is 2. The van der Waals surface area contributed by atoms with E-state index in [1.165, 1.54) is 7.11 Å². The molecule has 0 aliphatic carbocycles. The van der Waals surface area contributed by atoms with Gasteiger partial charge < -0.3 is 15.8 Å². The smallest absolute Gasteiger partial charge is 0.305 e. The number of halogens is 1. The maximum absolute atomic E-state index is 11.9. The summed E-state index contributed by atoms with van der Waals surface area (Å²) >= 11 is 0. The molecule has 1 rings (SSSR count). The number of esters is 1. The van der Waals surface area contributed by atoms with E-state index in [2.05, 4.69) is 10.1 Å². The first-order valence-electron chi connectivity index (χ1n) is 8.27. The Kier molecular flexibility index (Phi) is 12.9. The quantitative estimate of drug-likeness (QED) is 0.471. The highest BCUT2D eigenvalue weighted by atomic mass is 35.5. The van der Waals surface area contributed by atoms with Crippen LogP contribution in [0, 0.1) is 0 Å². The zero-order valence-corrected chi connectivity index (χ0v) is 15.1. The third kappa shape index (κ3) is 10.2. The lowest BCUT2D eigenvalue weighted by Gasteiger charge is -2.12. The molecule has 0 bridgehead atoms. The van der Waals surface area contributed by atoms with Crippen molar-refractivity contribution in [2.45, 2.75) is 51.0 Å². The molecule has 0 unspecified atom stereocenters. The molecule has 5 nitrogen and oxygen atoms in total. The molecule has 0 aliphatic rings. The molecule has 136 valence electrons. The number of hydrogen-bond acceptors (Lipinski definition) is 4. The van der Waals surface area contributed by atoms with Gasteiger partial charge in [0.15, 0.2) is 0 Å². The van der Waals surface area contributed by atoms with Crippen LogP contribution < -0.4 is 11.1 Å². The van der Waals surface area contributed by atoms with Crippen molar-refractivity contribution in [2.75, 3.05) is 13.7 Å². The van der Waals surface area contributed by atoms with E-state index in [4.69, 9.17) is 5.73 Å². The van der Waals surface area contributed by atoms with Gasteiger partial charge in [-0.15, -0.1) is 12.4 Å². The predicted molar refractivity (Wildman–Crippen MR) is 98.1 cm³/mol.